The first-order valence-electron chi connectivity index (χ1n) is 21.9. The minimum Gasteiger partial charge on any atom is -0.494 e. The Balaban J connectivity index is 5.35. The molecule has 0 aromatic heterocycles. The monoisotopic (exact) mass is 727 g/mol. The zero-order chi connectivity index (χ0) is 37.3. The lowest BCUT2D eigenvalue weighted by Crippen LogP contribution is -2.14. The summed E-state index contributed by atoms with van der Waals surface area (Å²) in [5.41, 5.74) is 0. The van der Waals surface area contributed by atoms with Crippen LogP contribution in [0.1, 0.15) is 208 Å². The molecule has 0 N–H and O–H groups in total. The summed E-state index contributed by atoms with van der Waals surface area (Å²) in [5, 5.41) is 0. The summed E-state index contributed by atoms with van der Waals surface area (Å²) in [7, 11) is 0. The highest BCUT2D eigenvalue weighted by Gasteiger charge is 2.14. The molecule has 0 rings (SSSR count). The Morgan fingerprint density at radius 1 is 0.275 bits per heavy atom. The average Bonchev–Trinajstić information content (AvgIpc) is 3.14. The predicted molar refractivity (Wildman–Crippen MR) is 215 cm³/mol. The maximum atomic E-state index is 6.37. The first-order valence-corrected chi connectivity index (χ1v) is 21.9. The van der Waals surface area contributed by atoms with Crippen LogP contribution in [0.25, 0.3) is 0 Å². The van der Waals surface area contributed by atoms with Crippen molar-refractivity contribution < 1.29 is 33.2 Å². The van der Waals surface area contributed by atoms with Crippen LogP contribution in [0.4, 0.5) is 0 Å². The molecule has 0 unspecified atom stereocenters. The van der Waals surface area contributed by atoms with Crippen molar-refractivity contribution in [2.45, 2.75) is 208 Å². The number of unbranched alkanes of at least 4 members (excludes halogenated alkanes) is 18. The SMILES string of the molecule is CCCCCCOC(CCCCCC)=C(COCOCOCC(OCCCCCC)=C(CCCCCC)OCCCCCC)OCCCCCC. The van der Waals surface area contributed by atoms with Gasteiger partial charge < -0.3 is 33.2 Å². The van der Waals surface area contributed by atoms with Crippen LogP contribution in [-0.2, 0) is 33.2 Å². The van der Waals surface area contributed by atoms with E-state index >= 15 is 0 Å². The molecule has 7 nitrogen and oxygen atoms in total. The number of allylic oxidation sites excluding steroid dienone is 2. The first-order chi connectivity index (χ1) is 25.2. The van der Waals surface area contributed by atoms with Gasteiger partial charge in [-0.05, 0) is 38.5 Å². The summed E-state index contributed by atoms with van der Waals surface area (Å²) in [4.78, 5) is 0. The lowest BCUT2D eigenvalue weighted by atomic mass is 10.1. The molecule has 0 radical (unpaired) electrons. The number of hydrogen-bond acceptors (Lipinski definition) is 7. The minimum atomic E-state index is 0.122. The third kappa shape index (κ3) is 32.9. The zero-order valence-electron chi connectivity index (χ0n) is 34.9. The van der Waals surface area contributed by atoms with Crippen LogP contribution < -0.4 is 0 Å². The quantitative estimate of drug-likeness (QED) is 0.0352. The van der Waals surface area contributed by atoms with Gasteiger partial charge in [0.05, 0.1) is 26.4 Å². The lowest BCUT2D eigenvalue weighted by molar-refractivity contribution is -0.132. The fourth-order valence-electron chi connectivity index (χ4n) is 5.73. The fourth-order valence-corrected chi connectivity index (χ4v) is 5.73. The Morgan fingerprint density at radius 3 is 0.843 bits per heavy atom. The van der Waals surface area contributed by atoms with Crippen LogP contribution >= 0.6 is 0 Å². The molecule has 0 heterocycles. The van der Waals surface area contributed by atoms with Gasteiger partial charge in [0.2, 0.25) is 0 Å². The molecule has 0 atom stereocenters. The molecular formula is C44H86O7. The third-order valence-electron chi connectivity index (χ3n) is 9.03. The Bertz CT molecular complexity index is 705. The maximum absolute atomic E-state index is 6.37. The summed E-state index contributed by atoms with van der Waals surface area (Å²) in [6.07, 6.45) is 30.1. The maximum Gasteiger partial charge on any atom is 0.159 e. The molecule has 51 heavy (non-hydrogen) atoms. The van der Waals surface area contributed by atoms with Gasteiger partial charge in [0.15, 0.2) is 11.5 Å². The van der Waals surface area contributed by atoms with Crippen LogP contribution in [0.2, 0.25) is 0 Å². The highest BCUT2D eigenvalue weighted by atomic mass is 16.7. The van der Waals surface area contributed by atoms with E-state index in [1.807, 2.05) is 0 Å². The second-order valence-corrected chi connectivity index (χ2v) is 14.1. The minimum absolute atomic E-state index is 0.122. The average molecular weight is 727 g/mol. The third-order valence-corrected chi connectivity index (χ3v) is 9.03. The molecule has 0 saturated heterocycles. The molecule has 7 heteroatoms. The molecule has 0 aromatic rings. The van der Waals surface area contributed by atoms with Crippen molar-refractivity contribution in [1.82, 2.24) is 0 Å². The largest absolute Gasteiger partial charge is 0.494 e. The van der Waals surface area contributed by atoms with Gasteiger partial charge in [-0.3, -0.25) is 0 Å². The summed E-state index contributed by atoms with van der Waals surface area (Å²) < 4.78 is 43.3. The second-order valence-electron chi connectivity index (χ2n) is 14.1. The van der Waals surface area contributed by atoms with Gasteiger partial charge in [-0.15, -0.1) is 0 Å². The molecule has 0 aliphatic rings. The van der Waals surface area contributed by atoms with Crippen molar-refractivity contribution in [1.29, 1.82) is 0 Å². The highest BCUT2D eigenvalue weighted by Crippen LogP contribution is 2.21. The zero-order valence-corrected chi connectivity index (χ0v) is 34.9. The molecular weight excluding hydrogens is 640 g/mol. The van der Waals surface area contributed by atoms with Gasteiger partial charge in [0, 0.05) is 12.8 Å². The number of rotatable bonds is 42. The summed E-state index contributed by atoms with van der Waals surface area (Å²) in [6.45, 7) is 17.2. The molecule has 0 spiro atoms. The first kappa shape index (κ1) is 49.6. The van der Waals surface area contributed by atoms with E-state index in [9.17, 15) is 0 Å². The van der Waals surface area contributed by atoms with Crippen molar-refractivity contribution in [3.8, 4) is 0 Å². The summed E-state index contributed by atoms with van der Waals surface area (Å²) in [5.74, 6) is 3.57. The molecule has 0 saturated carbocycles. The molecule has 0 aliphatic heterocycles. The van der Waals surface area contributed by atoms with Gasteiger partial charge in [0.1, 0.15) is 38.3 Å². The number of ether oxygens (including phenoxy) is 7. The summed E-state index contributed by atoms with van der Waals surface area (Å²) >= 11 is 0. The van der Waals surface area contributed by atoms with Crippen molar-refractivity contribution in [2.75, 3.05) is 53.2 Å². The Morgan fingerprint density at radius 2 is 0.549 bits per heavy atom. The molecule has 0 amide bonds. The normalized spacial score (nSPS) is 12.5. The van der Waals surface area contributed by atoms with Gasteiger partial charge in [0.25, 0.3) is 0 Å². The van der Waals surface area contributed by atoms with E-state index in [4.69, 9.17) is 33.2 Å². The standard InChI is InChI=1S/C44H86O7/c1-7-13-19-25-31-41(48-33-27-21-15-9-3)43(50-35-29-23-17-11-5)37-45-39-47-40-46-38-44(51-36-30-24-18-12-6)42(32-26-20-14-8-2)49-34-28-22-16-10-4/h7-40H2,1-6H3. The Kier molecular flexibility index (Phi) is 40.2. The van der Waals surface area contributed by atoms with E-state index in [2.05, 4.69) is 41.5 Å². The van der Waals surface area contributed by atoms with Crippen LogP contribution in [0.15, 0.2) is 23.0 Å². The summed E-state index contributed by atoms with van der Waals surface area (Å²) in [6, 6.07) is 0. The van der Waals surface area contributed by atoms with Crippen molar-refractivity contribution >= 4 is 0 Å². The van der Waals surface area contributed by atoms with E-state index < -0.39 is 0 Å². The second kappa shape index (κ2) is 41.3. The predicted octanol–water partition coefficient (Wildman–Crippen LogP) is 13.7. The van der Waals surface area contributed by atoms with E-state index in [1.165, 1.54) is 116 Å². The van der Waals surface area contributed by atoms with Crippen molar-refractivity contribution in [3.05, 3.63) is 23.0 Å². The molecule has 304 valence electrons. The Hall–Kier alpha value is -1.44. The lowest BCUT2D eigenvalue weighted by Gasteiger charge is -2.19. The fraction of sp³-hybridized carbons (Fsp3) is 0.909. The van der Waals surface area contributed by atoms with Crippen LogP contribution in [0.5, 0.6) is 0 Å². The van der Waals surface area contributed by atoms with E-state index in [0.717, 1.165) is 87.6 Å². The highest BCUT2D eigenvalue weighted by molar-refractivity contribution is 5.03. The van der Waals surface area contributed by atoms with Crippen molar-refractivity contribution in [3.63, 3.8) is 0 Å². The van der Waals surface area contributed by atoms with Crippen LogP contribution in [0.3, 0.4) is 0 Å². The van der Waals surface area contributed by atoms with E-state index in [1.54, 1.807) is 0 Å². The topological polar surface area (TPSA) is 64.6 Å². The van der Waals surface area contributed by atoms with Gasteiger partial charge in [-0.1, -0.05) is 157 Å². The number of hydrogen-bond donors (Lipinski definition) is 0. The van der Waals surface area contributed by atoms with Crippen molar-refractivity contribution in [2.24, 2.45) is 0 Å². The molecule has 0 bridgehead atoms. The van der Waals surface area contributed by atoms with Crippen LogP contribution in [-0.4, -0.2) is 53.2 Å². The molecule has 0 fully saturated rings. The van der Waals surface area contributed by atoms with E-state index in [0.29, 0.717) is 26.4 Å². The molecule has 0 aliphatic carbocycles. The Labute approximate surface area is 317 Å². The van der Waals surface area contributed by atoms with Crippen LogP contribution in [0, 0.1) is 0 Å². The van der Waals surface area contributed by atoms with E-state index in [-0.39, 0.29) is 13.6 Å². The smallest absolute Gasteiger partial charge is 0.159 e. The van der Waals surface area contributed by atoms with Gasteiger partial charge in [-0.25, -0.2) is 0 Å². The van der Waals surface area contributed by atoms with Gasteiger partial charge >= 0.3 is 0 Å². The molecule has 0 aromatic carbocycles. The van der Waals surface area contributed by atoms with Gasteiger partial charge in [-0.2, -0.15) is 0 Å².